The minimum absolute atomic E-state index is 0.0349. The molecule has 0 atom stereocenters. The summed E-state index contributed by atoms with van der Waals surface area (Å²) in [7, 11) is 5.57. The van der Waals surface area contributed by atoms with Gasteiger partial charge in [0.15, 0.2) is 5.82 Å². The second-order valence-electron chi connectivity index (χ2n) is 9.65. The topological polar surface area (TPSA) is 48.9 Å². The summed E-state index contributed by atoms with van der Waals surface area (Å²) in [5.41, 5.74) is 4.59. The molecule has 4 rings (SSSR count). The van der Waals surface area contributed by atoms with Crippen LogP contribution in [0, 0.1) is 19.7 Å². The number of rotatable bonds is 7. The van der Waals surface area contributed by atoms with E-state index in [-0.39, 0.29) is 11.7 Å². The van der Waals surface area contributed by atoms with Crippen LogP contribution in [-0.2, 0) is 4.79 Å². The number of piperazine rings is 1. The minimum atomic E-state index is -0.309. The average Bonchev–Trinajstić information content (AvgIpc) is 3.29. The number of likely N-dealkylation sites (N-methyl/N-ethyl adjacent to an activating group) is 1. The van der Waals surface area contributed by atoms with Crippen LogP contribution >= 0.6 is 11.5 Å². The number of allylic oxidation sites excluding steroid dienone is 1. The molecule has 8 heteroatoms. The highest BCUT2D eigenvalue weighted by Gasteiger charge is 2.26. The number of ether oxygens (including phenoxy) is 1. The van der Waals surface area contributed by atoms with Gasteiger partial charge in [0.2, 0.25) is 5.91 Å². The van der Waals surface area contributed by atoms with E-state index < -0.39 is 0 Å². The van der Waals surface area contributed by atoms with E-state index in [0.29, 0.717) is 43.0 Å². The first-order valence-electron chi connectivity index (χ1n) is 12.5. The van der Waals surface area contributed by atoms with Crippen molar-refractivity contribution in [2.75, 3.05) is 58.8 Å². The number of aryl methyl sites for hydroxylation is 2. The van der Waals surface area contributed by atoms with Gasteiger partial charge in [-0.25, -0.2) is 4.39 Å². The molecule has 6 nitrogen and oxygen atoms in total. The van der Waals surface area contributed by atoms with E-state index in [0.717, 1.165) is 39.2 Å². The summed E-state index contributed by atoms with van der Waals surface area (Å²) in [6, 6.07) is 5.91. The van der Waals surface area contributed by atoms with Crippen LogP contribution in [-0.4, -0.2) is 74.0 Å². The zero-order chi connectivity index (χ0) is 26.7. The Kier molecular flexibility index (Phi) is 8.29. The first-order valence-corrected chi connectivity index (χ1v) is 13.3. The standard InChI is InChI=1S/C29H35FN4O2S/c1-7-9-22-19(2)16-21(36-6)18-23(22)26-20(3)17-24-28(27(26)30)31-37-29(24)34-14-12-33(13-15-34)25(35)10-8-11-32(4)5/h7-10,16-18H,11-15H2,1-6H3/b9-7-,10-8+. The van der Waals surface area contributed by atoms with Crippen molar-refractivity contribution in [3.63, 3.8) is 0 Å². The van der Waals surface area contributed by atoms with Gasteiger partial charge in [0.05, 0.1) is 7.11 Å². The summed E-state index contributed by atoms with van der Waals surface area (Å²) in [4.78, 5) is 18.6. The Bertz CT molecular complexity index is 1350. The lowest BCUT2D eigenvalue weighted by Gasteiger charge is -2.34. The van der Waals surface area contributed by atoms with Gasteiger partial charge >= 0.3 is 0 Å². The number of carbonyl (C=O) groups excluding carboxylic acids is 1. The highest BCUT2D eigenvalue weighted by Crippen LogP contribution is 2.41. The monoisotopic (exact) mass is 522 g/mol. The van der Waals surface area contributed by atoms with Gasteiger partial charge in [-0.05, 0) is 86.9 Å². The van der Waals surface area contributed by atoms with Gasteiger partial charge in [0.1, 0.15) is 16.3 Å². The predicted octanol–water partition coefficient (Wildman–Crippen LogP) is 5.53. The lowest BCUT2D eigenvalue weighted by Crippen LogP contribution is -2.48. The molecule has 0 radical (unpaired) electrons. The van der Waals surface area contributed by atoms with Crippen LogP contribution in [0.5, 0.6) is 5.75 Å². The fraction of sp³-hybridized carbons (Fsp3) is 0.379. The molecule has 1 amide bonds. The fourth-order valence-corrected chi connectivity index (χ4v) is 5.70. The second kappa shape index (κ2) is 11.4. The summed E-state index contributed by atoms with van der Waals surface area (Å²) < 4.78 is 26.2. The molecule has 0 bridgehead atoms. The zero-order valence-corrected chi connectivity index (χ0v) is 23.3. The molecule has 196 valence electrons. The molecule has 0 N–H and O–H groups in total. The number of halogens is 1. The van der Waals surface area contributed by atoms with E-state index >= 15 is 4.39 Å². The summed E-state index contributed by atoms with van der Waals surface area (Å²) in [6.07, 6.45) is 7.52. The lowest BCUT2D eigenvalue weighted by atomic mass is 9.91. The highest BCUT2D eigenvalue weighted by molar-refractivity contribution is 7.11. The number of amides is 1. The number of methoxy groups -OCH3 is 1. The van der Waals surface area contributed by atoms with Crippen LogP contribution in [0.4, 0.5) is 9.39 Å². The lowest BCUT2D eigenvalue weighted by molar-refractivity contribution is -0.126. The SMILES string of the molecule is C/C=C\c1c(C)cc(OC)cc1-c1c(C)cc2c(N3CCN(C(=O)/C=C/CN(C)C)CC3)snc2c1F. The number of anilines is 1. The molecule has 2 aromatic carbocycles. The number of carbonyl (C=O) groups is 1. The molecule has 1 saturated heterocycles. The van der Waals surface area contributed by atoms with Crippen molar-refractivity contribution in [1.29, 1.82) is 0 Å². The van der Waals surface area contributed by atoms with Crippen LogP contribution in [0.1, 0.15) is 23.6 Å². The maximum absolute atomic E-state index is 16.1. The molecular weight excluding hydrogens is 487 g/mol. The Labute approximate surface area is 222 Å². The number of nitrogens with zero attached hydrogens (tertiary/aromatic N) is 4. The van der Waals surface area contributed by atoms with Gasteiger partial charge in [0.25, 0.3) is 0 Å². The number of hydrogen-bond acceptors (Lipinski definition) is 6. The molecule has 0 saturated carbocycles. The van der Waals surface area contributed by atoms with Crippen molar-refractivity contribution in [2.45, 2.75) is 20.8 Å². The molecule has 0 unspecified atom stereocenters. The second-order valence-corrected chi connectivity index (χ2v) is 10.4. The highest BCUT2D eigenvalue weighted by atomic mass is 32.1. The molecular formula is C29H35FN4O2S. The molecule has 2 heterocycles. The Balaban J connectivity index is 1.64. The van der Waals surface area contributed by atoms with Crippen molar-refractivity contribution < 1.29 is 13.9 Å². The summed E-state index contributed by atoms with van der Waals surface area (Å²) in [5, 5.41) is 1.77. The normalized spacial score (nSPS) is 14.6. The molecule has 1 aromatic heterocycles. The number of aromatic nitrogens is 1. The van der Waals surface area contributed by atoms with Crippen molar-refractivity contribution in [3.05, 3.63) is 58.9 Å². The third-order valence-corrected chi connectivity index (χ3v) is 7.62. The van der Waals surface area contributed by atoms with E-state index in [1.54, 1.807) is 13.2 Å². The van der Waals surface area contributed by atoms with E-state index in [1.807, 2.05) is 81.1 Å². The Morgan fingerprint density at radius 1 is 1.16 bits per heavy atom. The van der Waals surface area contributed by atoms with Gasteiger partial charge in [-0.2, -0.15) is 4.37 Å². The molecule has 1 aliphatic heterocycles. The fourth-order valence-electron chi connectivity index (χ4n) is 4.79. The van der Waals surface area contributed by atoms with Crippen molar-refractivity contribution in [3.8, 4) is 16.9 Å². The minimum Gasteiger partial charge on any atom is -0.497 e. The van der Waals surface area contributed by atoms with Crippen molar-refractivity contribution in [1.82, 2.24) is 14.2 Å². The molecule has 37 heavy (non-hydrogen) atoms. The molecule has 1 aliphatic rings. The molecule has 0 aliphatic carbocycles. The Morgan fingerprint density at radius 2 is 1.89 bits per heavy atom. The van der Waals surface area contributed by atoms with Crippen LogP contribution in [0.2, 0.25) is 0 Å². The summed E-state index contributed by atoms with van der Waals surface area (Å²) in [5.74, 6) is 0.422. The van der Waals surface area contributed by atoms with Gasteiger partial charge < -0.3 is 19.4 Å². The Morgan fingerprint density at radius 3 is 2.54 bits per heavy atom. The zero-order valence-electron chi connectivity index (χ0n) is 22.5. The van der Waals surface area contributed by atoms with Crippen LogP contribution < -0.4 is 9.64 Å². The third-order valence-electron chi connectivity index (χ3n) is 6.70. The molecule has 0 spiro atoms. The van der Waals surface area contributed by atoms with Gasteiger partial charge in [-0.3, -0.25) is 4.79 Å². The third kappa shape index (κ3) is 5.55. The Hall–Kier alpha value is -3.23. The van der Waals surface area contributed by atoms with Gasteiger partial charge in [-0.1, -0.05) is 18.2 Å². The average molecular weight is 523 g/mol. The van der Waals surface area contributed by atoms with Crippen LogP contribution in [0.15, 0.2) is 36.4 Å². The number of benzene rings is 2. The van der Waals surface area contributed by atoms with Crippen molar-refractivity contribution in [2.24, 2.45) is 0 Å². The van der Waals surface area contributed by atoms with Crippen molar-refractivity contribution >= 4 is 39.4 Å². The maximum Gasteiger partial charge on any atom is 0.246 e. The number of fused-ring (bicyclic) bond motifs is 1. The first kappa shape index (κ1) is 26.8. The summed E-state index contributed by atoms with van der Waals surface area (Å²) >= 11 is 1.32. The van der Waals surface area contributed by atoms with Gasteiger partial charge in [-0.15, -0.1) is 0 Å². The van der Waals surface area contributed by atoms with E-state index in [1.165, 1.54) is 11.5 Å². The van der Waals surface area contributed by atoms with Crippen LogP contribution in [0.25, 0.3) is 28.1 Å². The van der Waals surface area contributed by atoms with E-state index in [2.05, 4.69) is 9.27 Å². The quantitative estimate of drug-likeness (QED) is 0.382. The van der Waals surface area contributed by atoms with E-state index in [9.17, 15) is 4.79 Å². The maximum atomic E-state index is 16.1. The van der Waals surface area contributed by atoms with Gasteiger partial charge in [0, 0.05) is 49.7 Å². The molecule has 1 fully saturated rings. The number of hydrogen-bond donors (Lipinski definition) is 0. The van der Waals surface area contributed by atoms with E-state index in [4.69, 9.17) is 4.74 Å². The molecule has 3 aromatic rings. The van der Waals surface area contributed by atoms with Crippen LogP contribution in [0.3, 0.4) is 0 Å². The predicted molar refractivity (Wildman–Crippen MR) is 152 cm³/mol. The smallest absolute Gasteiger partial charge is 0.246 e. The largest absolute Gasteiger partial charge is 0.497 e. The first-order chi connectivity index (χ1) is 17.7. The summed E-state index contributed by atoms with van der Waals surface area (Å²) in [6.45, 7) is 9.28.